The number of para-hydroxylation sites is 1. The summed E-state index contributed by atoms with van der Waals surface area (Å²) < 4.78 is 36.6. The largest absolute Gasteiger partial charge is 0.494 e. The molecule has 0 aromatic heterocycles. The number of amides is 1. The lowest BCUT2D eigenvalue weighted by Crippen LogP contribution is -2.30. The third-order valence-corrected chi connectivity index (χ3v) is 3.17. The number of hydrogen-bond acceptors (Lipinski definition) is 3. The average Bonchev–Trinajstić information content (AvgIpc) is 2.59. The minimum Gasteiger partial charge on any atom is -0.494 e. The van der Waals surface area contributed by atoms with Crippen LogP contribution in [0, 0.1) is 11.6 Å². The third kappa shape index (κ3) is 6.24. The van der Waals surface area contributed by atoms with Gasteiger partial charge in [0.2, 0.25) is 0 Å². The fourth-order valence-corrected chi connectivity index (χ4v) is 1.93. The highest BCUT2D eigenvalue weighted by Crippen LogP contribution is 2.15. The van der Waals surface area contributed by atoms with Gasteiger partial charge < -0.3 is 14.8 Å². The van der Waals surface area contributed by atoms with Gasteiger partial charge in [-0.15, -0.1) is 0 Å². The molecule has 0 aliphatic rings. The number of carbonyl (C=O) groups is 1. The van der Waals surface area contributed by atoms with Crippen LogP contribution in [0.15, 0.2) is 48.5 Å². The van der Waals surface area contributed by atoms with Crippen LogP contribution in [0.5, 0.6) is 11.5 Å². The summed E-state index contributed by atoms with van der Waals surface area (Å²) >= 11 is 0. The molecular formula is C18H19F2NO3. The zero-order valence-corrected chi connectivity index (χ0v) is 13.1. The summed E-state index contributed by atoms with van der Waals surface area (Å²) in [4.78, 5) is 11.6. The highest BCUT2D eigenvalue weighted by atomic mass is 19.1. The van der Waals surface area contributed by atoms with Gasteiger partial charge in [0, 0.05) is 6.54 Å². The Bertz CT molecular complexity index is 647. The lowest BCUT2D eigenvalue weighted by molar-refractivity contribution is -0.123. The Hall–Kier alpha value is -2.63. The molecular weight excluding hydrogens is 316 g/mol. The van der Waals surface area contributed by atoms with Crippen molar-refractivity contribution in [2.75, 3.05) is 19.8 Å². The maximum Gasteiger partial charge on any atom is 0.257 e. The predicted molar refractivity (Wildman–Crippen MR) is 86.0 cm³/mol. The molecule has 0 heterocycles. The van der Waals surface area contributed by atoms with Crippen molar-refractivity contribution >= 4 is 5.91 Å². The molecule has 0 spiro atoms. The number of unbranched alkanes of at least 4 members (excludes halogenated alkanes) is 1. The Morgan fingerprint density at radius 3 is 2.46 bits per heavy atom. The van der Waals surface area contributed by atoms with Crippen molar-refractivity contribution in [2.45, 2.75) is 12.8 Å². The summed E-state index contributed by atoms with van der Waals surface area (Å²) in [6, 6.07) is 11.7. The summed E-state index contributed by atoms with van der Waals surface area (Å²) in [5.41, 5.74) is 0. The molecule has 2 aromatic carbocycles. The zero-order chi connectivity index (χ0) is 17.2. The summed E-state index contributed by atoms with van der Waals surface area (Å²) in [5.74, 6) is -0.442. The Balaban J connectivity index is 1.53. The lowest BCUT2D eigenvalue weighted by Gasteiger charge is -2.08. The minimum atomic E-state index is -0.497. The zero-order valence-electron chi connectivity index (χ0n) is 13.1. The van der Waals surface area contributed by atoms with E-state index < -0.39 is 5.82 Å². The van der Waals surface area contributed by atoms with Crippen LogP contribution in [0.3, 0.4) is 0 Å². The van der Waals surface area contributed by atoms with Gasteiger partial charge in [-0.2, -0.15) is 0 Å². The molecule has 0 unspecified atom stereocenters. The van der Waals surface area contributed by atoms with Gasteiger partial charge in [0.1, 0.15) is 11.6 Å². The fourth-order valence-electron chi connectivity index (χ4n) is 1.93. The smallest absolute Gasteiger partial charge is 0.257 e. The molecule has 1 amide bonds. The Kier molecular flexibility index (Phi) is 7.01. The van der Waals surface area contributed by atoms with E-state index in [9.17, 15) is 13.6 Å². The van der Waals surface area contributed by atoms with E-state index in [4.69, 9.17) is 9.47 Å². The Morgan fingerprint density at radius 1 is 0.958 bits per heavy atom. The van der Waals surface area contributed by atoms with Crippen LogP contribution >= 0.6 is 0 Å². The van der Waals surface area contributed by atoms with Crippen LogP contribution in [-0.4, -0.2) is 25.7 Å². The second-order valence-corrected chi connectivity index (χ2v) is 5.08. The average molecular weight is 335 g/mol. The summed E-state index contributed by atoms with van der Waals surface area (Å²) in [6.07, 6.45) is 1.47. The molecule has 0 aliphatic heterocycles. The standard InChI is InChI=1S/C18H19F2NO3/c19-14-7-9-15(10-8-14)23-12-4-3-11-21-18(22)13-24-17-6-2-1-5-16(17)20/h1-2,5-10H,3-4,11-13H2,(H,21,22). The van der Waals surface area contributed by atoms with Gasteiger partial charge in [-0.05, 0) is 49.2 Å². The van der Waals surface area contributed by atoms with Gasteiger partial charge in [0.25, 0.3) is 5.91 Å². The van der Waals surface area contributed by atoms with E-state index in [2.05, 4.69) is 5.32 Å². The van der Waals surface area contributed by atoms with Gasteiger partial charge >= 0.3 is 0 Å². The number of rotatable bonds is 9. The van der Waals surface area contributed by atoms with E-state index in [1.807, 2.05) is 0 Å². The molecule has 4 nitrogen and oxygen atoms in total. The predicted octanol–water partition coefficient (Wildman–Crippen LogP) is 3.32. The molecule has 128 valence electrons. The number of ether oxygens (including phenoxy) is 2. The van der Waals surface area contributed by atoms with Crippen molar-refractivity contribution in [1.29, 1.82) is 0 Å². The quantitative estimate of drug-likeness (QED) is 0.715. The van der Waals surface area contributed by atoms with Gasteiger partial charge in [-0.3, -0.25) is 4.79 Å². The topological polar surface area (TPSA) is 47.6 Å². The van der Waals surface area contributed by atoms with Gasteiger partial charge in [0.15, 0.2) is 18.2 Å². The number of hydrogen-bond donors (Lipinski definition) is 1. The lowest BCUT2D eigenvalue weighted by atomic mass is 10.3. The van der Waals surface area contributed by atoms with Crippen LogP contribution in [-0.2, 0) is 4.79 Å². The molecule has 24 heavy (non-hydrogen) atoms. The Morgan fingerprint density at radius 2 is 1.71 bits per heavy atom. The first-order valence-corrected chi connectivity index (χ1v) is 7.67. The van der Waals surface area contributed by atoms with Crippen LogP contribution in [0.4, 0.5) is 8.78 Å². The molecule has 0 bridgehead atoms. The van der Waals surface area contributed by atoms with E-state index in [1.54, 1.807) is 24.3 Å². The maximum atomic E-state index is 13.3. The van der Waals surface area contributed by atoms with Crippen LogP contribution in [0.1, 0.15) is 12.8 Å². The molecule has 0 saturated heterocycles. The summed E-state index contributed by atoms with van der Waals surface area (Å²) in [6.45, 7) is 0.729. The monoisotopic (exact) mass is 335 g/mol. The van der Waals surface area contributed by atoms with Crippen molar-refractivity contribution in [2.24, 2.45) is 0 Å². The summed E-state index contributed by atoms with van der Waals surface area (Å²) in [7, 11) is 0. The maximum absolute atomic E-state index is 13.3. The second kappa shape index (κ2) is 9.50. The van der Waals surface area contributed by atoms with Crippen LogP contribution < -0.4 is 14.8 Å². The summed E-state index contributed by atoms with van der Waals surface area (Å²) in [5, 5.41) is 2.69. The molecule has 1 N–H and O–H groups in total. The molecule has 6 heteroatoms. The van der Waals surface area contributed by atoms with Crippen molar-refractivity contribution in [3.63, 3.8) is 0 Å². The van der Waals surface area contributed by atoms with Crippen LogP contribution in [0.25, 0.3) is 0 Å². The van der Waals surface area contributed by atoms with E-state index in [0.717, 1.165) is 12.8 Å². The first-order valence-electron chi connectivity index (χ1n) is 7.67. The number of carbonyl (C=O) groups excluding carboxylic acids is 1. The molecule has 0 saturated carbocycles. The van der Waals surface area contributed by atoms with E-state index in [1.165, 1.54) is 24.3 Å². The second-order valence-electron chi connectivity index (χ2n) is 5.08. The fraction of sp³-hybridized carbons (Fsp3) is 0.278. The van der Waals surface area contributed by atoms with Crippen molar-refractivity contribution in [1.82, 2.24) is 5.32 Å². The molecule has 0 radical (unpaired) electrons. The Labute approximate surface area is 139 Å². The third-order valence-electron chi connectivity index (χ3n) is 3.17. The van der Waals surface area contributed by atoms with Crippen molar-refractivity contribution in [3.05, 3.63) is 60.2 Å². The van der Waals surface area contributed by atoms with Gasteiger partial charge in [0.05, 0.1) is 6.61 Å². The molecule has 0 aliphatic carbocycles. The number of halogens is 2. The normalized spacial score (nSPS) is 10.2. The van der Waals surface area contributed by atoms with Gasteiger partial charge in [-0.25, -0.2) is 8.78 Å². The molecule has 2 rings (SSSR count). The highest BCUT2D eigenvalue weighted by molar-refractivity contribution is 5.77. The highest BCUT2D eigenvalue weighted by Gasteiger charge is 2.05. The molecule has 0 fully saturated rings. The molecule has 0 atom stereocenters. The first-order chi connectivity index (χ1) is 11.6. The SMILES string of the molecule is O=C(COc1ccccc1F)NCCCCOc1ccc(F)cc1. The minimum absolute atomic E-state index is 0.0559. The number of benzene rings is 2. The van der Waals surface area contributed by atoms with E-state index in [-0.39, 0.29) is 24.1 Å². The van der Waals surface area contributed by atoms with Crippen LogP contribution in [0.2, 0.25) is 0 Å². The van der Waals surface area contributed by atoms with E-state index >= 15 is 0 Å². The van der Waals surface area contributed by atoms with Gasteiger partial charge in [-0.1, -0.05) is 12.1 Å². The first kappa shape index (κ1) is 17.7. The molecule has 2 aromatic rings. The number of nitrogens with one attached hydrogen (secondary N) is 1. The van der Waals surface area contributed by atoms with Crippen molar-refractivity contribution in [3.8, 4) is 11.5 Å². The van der Waals surface area contributed by atoms with E-state index in [0.29, 0.717) is 18.9 Å². The van der Waals surface area contributed by atoms with Crippen molar-refractivity contribution < 1.29 is 23.0 Å².